The van der Waals surface area contributed by atoms with Crippen LogP contribution < -0.4 is 0 Å². The van der Waals surface area contributed by atoms with E-state index in [0.717, 1.165) is 89.9 Å². The van der Waals surface area contributed by atoms with Gasteiger partial charge in [0.05, 0.1) is 25.0 Å². The molecule has 0 aromatic heterocycles. The molecule has 0 aromatic rings. The molecule has 2 aliphatic carbocycles. The van der Waals surface area contributed by atoms with Crippen LogP contribution in [0.25, 0.3) is 0 Å². The van der Waals surface area contributed by atoms with Crippen molar-refractivity contribution in [2.24, 2.45) is 23.7 Å². The molecule has 318 valence electrons. The Labute approximate surface area is 332 Å². The third-order valence-corrected chi connectivity index (χ3v) is 12.5. The van der Waals surface area contributed by atoms with Gasteiger partial charge in [-0.05, 0) is 69.6 Å². The largest absolute Gasteiger partial charge is 0.465 e. The first-order chi connectivity index (χ1) is 26.3. The van der Waals surface area contributed by atoms with Crippen molar-refractivity contribution in [1.29, 1.82) is 0 Å². The standard InChI is InChI=1S/C46H87NO7/c1-3-5-7-9-11-17-30-42(38-40-26-23-27-40)44(49)53-36-21-15-13-19-33-47(46(51,52)32-25-35-48)34-20-14-16-22-37-54-45(50)43(39-41-28-24-29-41)31-18-12-10-8-6-4-2/h40-43,48,51-52H,3-39H2,1-2H3. The van der Waals surface area contributed by atoms with Gasteiger partial charge in [-0.15, -0.1) is 0 Å². The summed E-state index contributed by atoms with van der Waals surface area (Å²) < 4.78 is 11.6. The van der Waals surface area contributed by atoms with E-state index < -0.39 is 5.91 Å². The van der Waals surface area contributed by atoms with Crippen molar-refractivity contribution in [2.75, 3.05) is 32.9 Å². The summed E-state index contributed by atoms with van der Waals surface area (Å²) in [6.45, 7) is 6.48. The summed E-state index contributed by atoms with van der Waals surface area (Å²) in [6, 6.07) is 0. The number of carbonyl (C=O) groups excluding carboxylic acids is 2. The SMILES string of the molecule is CCCCCCCCC(CC1CCC1)C(=O)OCCCCCCN(CCCCCCOC(=O)C(CCCCCCCC)CC1CCC1)C(O)(O)CCCO. The third kappa shape index (κ3) is 23.1. The van der Waals surface area contributed by atoms with E-state index in [1.165, 1.54) is 103 Å². The molecule has 0 aliphatic heterocycles. The van der Waals surface area contributed by atoms with Crippen LogP contribution in [0.5, 0.6) is 0 Å². The summed E-state index contributed by atoms with van der Waals surface area (Å²) in [6.07, 6.45) is 34.0. The van der Waals surface area contributed by atoms with E-state index in [2.05, 4.69) is 13.8 Å². The Morgan fingerprint density at radius 1 is 0.574 bits per heavy atom. The van der Waals surface area contributed by atoms with Gasteiger partial charge in [0.2, 0.25) is 5.91 Å². The number of unbranched alkanes of at least 4 members (excludes halogenated alkanes) is 16. The van der Waals surface area contributed by atoms with E-state index in [1.807, 2.05) is 0 Å². The minimum atomic E-state index is -1.94. The average molecular weight is 766 g/mol. The molecule has 2 saturated carbocycles. The summed E-state index contributed by atoms with van der Waals surface area (Å²) in [5.41, 5.74) is 0. The van der Waals surface area contributed by atoms with Crippen LogP contribution in [0.2, 0.25) is 0 Å². The molecule has 0 spiro atoms. The Balaban J connectivity index is 1.64. The van der Waals surface area contributed by atoms with Crippen molar-refractivity contribution in [3.63, 3.8) is 0 Å². The smallest absolute Gasteiger partial charge is 0.308 e. The fraction of sp³-hybridized carbons (Fsp3) is 0.957. The first-order valence-corrected chi connectivity index (χ1v) is 23.4. The zero-order valence-electron chi connectivity index (χ0n) is 35.4. The molecular formula is C46H87NO7. The monoisotopic (exact) mass is 766 g/mol. The molecule has 8 heteroatoms. The van der Waals surface area contributed by atoms with Crippen molar-refractivity contribution in [3.05, 3.63) is 0 Å². The van der Waals surface area contributed by atoms with Crippen molar-refractivity contribution in [2.45, 2.75) is 225 Å². The molecule has 0 bridgehead atoms. The second kappa shape index (κ2) is 31.8. The lowest BCUT2D eigenvalue weighted by Gasteiger charge is -2.35. The van der Waals surface area contributed by atoms with Crippen LogP contribution >= 0.6 is 0 Å². The maximum atomic E-state index is 13.0. The molecule has 8 nitrogen and oxygen atoms in total. The molecule has 54 heavy (non-hydrogen) atoms. The van der Waals surface area contributed by atoms with Crippen molar-refractivity contribution in [3.8, 4) is 0 Å². The zero-order chi connectivity index (χ0) is 39.1. The molecule has 2 aliphatic rings. The van der Waals surface area contributed by atoms with E-state index >= 15 is 0 Å². The van der Waals surface area contributed by atoms with Gasteiger partial charge < -0.3 is 24.8 Å². The summed E-state index contributed by atoms with van der Waals surface area (Å²) >= 11 is 0. The van der Waals surface area contributed by atoms with Crippen LogP contribution in [-0.2, 0) is 19.1 Å². The Morgan fingerprint density at radius 2 is 0.963 bits per heavy atom. The number of hydrogen-bond donors (Lipinski definition) is 3. The second-order valence-corrected chi connectivity index (χ2v) is 17.3. The van der Waals surface area contributed by atoms with Crippen LogP contribution in [0.3, 0.4) is 0 Å². The van der Waals surface area contributed by atoms with Gasteiger partial charge in [-0.25, -0.2) is 0 Å². The second-order valence-electron chi connectivity index (χ2n) is 17.3. The van der Waals surface area contributed by atoms with E-state index in [-0.39, 0.29) is 36.8 Å². The van der Waals surface area contributed by atoms with Gasteiger partial charge in [-0.2, -0.15) is 0 Å². The van der Waals surface area contributed by atoms with Crippen molar-refractivity contribution >= 4 is 11.9 Å². The van der Waals surface area contributed by atoms with Gasteiger partial charge in [0.25, 0.3) is 0 Å². The Hall–Kier alpha value is -1.22. The van der Waals surface area contributed by atoms with E-state index in [1.54, 1.807) is 4.90 Å². The molecule has 0 saturated heterocycles. The third-order valence-electron chi connectivity index (χ3n) is 12.5. The molecule has 2 fully saturated rings. The van der Waals surface area contributed by atoms with Gasteiger partial charge >= 0.3 is 11.9 Å². The number of esters is 2. The lowest BCUT2D eigenvalue weighted by molar-refractivity contribution is -0.269. The lowest BCUT2D eigenvalue weighted by atomic mass is 9.78. The maximum absolute atomic E-state index is 13.0. The van der Waals surface area contributed by atoms with Crippen LogP contribution in [0.4, 0.5) is 0 Å². The molecule has 2 atom stereocenters. The van der Waals surface area contributed by atoms with E-state index in [0.29, 0.717) is 44.6 Å². The van der Waals surface area contributed by atoms with Crippen LogP contribution in [0.1, 0.15) is 219 Å². The number of nitrogens with zero attached hydrogens (tertiary/aromatic N) is 1. The summed E-state index contributed by atoms with van der Waals surface area (Å²) in [7, 11) is 0. The number of ether oxygens (including phenoxy) is 2. The molecule has 0 amide bonds. The normalized spacial score (nSPS) is 16.3. The number of hydrogen-bond acceptors (Lipinski definition) is 8. The first kappa shape index (κ1) is 48.9. The highest BCUT2D eigenvalue weighted by molar-refractivity contribution is 5.72. The topological polar surface area (TPSA) is 117 Å². The van der Waals surface area contributed by atoms with E-state index in [4.69, 9.17) is 9.47 Å². The molecule has 0 heterocycles. The quantitative estimate of drug-likeness (QED) is 0.0323. The zero-order valence-corrected chi connectivity index (χ0v) is 35.4. The van der Waals surface area contributed by atoms with Crippen LogP contribution in [0.15, 0.2) is 0 Å². The summed E-state index contributed by atoms with van der Waals surface area (Å²) in [5.74, 6) is -0.409. The maximum Gasteiger partial charge on any atom is 0.308 e. The molecule has 2 rings (SSSR count). The highest BCUT2D eigenvalue weighted by atomic mass is 16.5. The molecule has 3 N–H and O–H groups in total. The predicted octanol–water partition coefficient (Wildman–Crippen LogP) is 11.0. The number of carbonyl (C=O) groups is 2. The summed E-state index contributed by atoms with van der Waals surface area (Å²) in [4.78, 5) is 27.7. The van der Waals surface area contributed by atoms with Gasteiger partial charge in [-0.1, -0.05) is 155 Å². The van der Waals surface area contributed by atoms with Gasteiger partial charge in [0, 0.05) is 26.1 Å². The average Bonchev–Trinajstić information content (AvgIpc) is 3.12. The highest BCUT2D eigenvalue weighted by Crippen LogP contribution is 2.35. The number of aliphatic hydroxyl groups excluding tert-OH is 1. The van der Waals surface area contributed by atoms with Gasteiger partial charge in [0.1, 0.15) is 0 Å². The fourth-order valence-corrected chi connectivity index (χ4v) is 8.31. The van der Waals surface area contributed by atoms with Gasteiger partial charge in [0.15, 0.2) is 0 Å². The fourth-order valence-electron chi connectivity index (χ4n) is 8.31. The van der Waals surface area contributed by atoms with Crippen LogP contribution in [-0.4, -0.2) is 71.0 Å². The highest BCUT2D eigenvalue weighted by Gasteiger charge is 2.31. The van der Waals surface area contributed by atoms with Gasteiger partial charge in [-0.3, -0.25) is 14.5 Å². The van der Waals surface area contributed by atoms with Crippen molar-refractivity contribution in [1.82, 2.24) is 4.90 Å². The minimum Gasteiger partial charge on any atom is -0.465 e. The molecule has 0 radical (unpaired) electrons. The molecule has 0 aromatic carbocycles. The molecule has 2 unspecified atom stereocenters. The summed E-state index contributed by atoms with van der Waals surface area (Å²) in [5, 5.41) is 31.1. The lowest BCUT2D eigenvalue weighted by Crippen LogP contribution is -2.49. The number of rotatable bonds is 38. The predicted molar refractivity (Wildman–Crippen MR) is 221 cm³/mol. The Bertz CT molecular complexity index is 843. The van der Waals surface area contributed by atoms with E-state index in [9.17, 15) is 24.9 Å². The van der Waals surface area contributed by atoms with Crippen molar-refractivity contribution < 1.29 is 34.4 Å². The Morgan fingerprint density at radius 3 is 1.35 bits per heavy atom. The van der Waals surface area contributed by atoms with Crippen LogP contribution in [0, 0.1) is 23.7 Å². The Kier molecular flexibility index (Phi) is 28.8. The number of aliphatic hydroxyl groups is 3. The minimum absolute atomic E-state index is 0.00524. The molecular weight excluding hydrogens is 679 g/mol. The first-order valence-electron chi connectivity index (χ1n) is 23.4.